The van der Waals surface area contributed by atoms with E-state index in [0.717, 1.165) is 31.2 Å². The maximum absolute atomic E-state index is 11.1. The van der Waals surface area contributed by atoms with Gasteiger partial charge in [0.25, 0.3) is 0 Å². The van der Waals surface area contributed by atoms with Gasteiger partial charge in [0.1, 0.15) is 5.75 Å². The van der Waals surface area contributed by atoms with Crippen LogP contribution in [0.2, 0.25) is 5.02 Å². The van der Waals surface area contributed by atoms with Crippen LogP contribution in [0.4, 0.5) is 0 Å². The van der Waals surface area contributed by atoms with Gasteiger partial charge in [-0.15, -0.1) is 0 Å². The smallest absolute Gasteiger partial charge is 0.305 e. The molecule has 0 aliphatic rings. The molecular weight excluding hydrogens is 290 g/mol. The zero-order valence-electron chi connectivity index (χ0n) is 12.6. The van der Waals surface area contributed by atoms with Crippen LogP contribution in [0.15, 0.2) is 18.2 Å². The normalized spacial score (nSPS) is 10.4. The Kier molecular flexibility index (Phi) is 8.87. The molecule has 0 aliphatic carbocycles. The fourth-order valence-corrected chi connectivity index (χ4v) is 2.20. The third-order valence-electron chi connectivity index (χ3n) is 3.02. The summed E-state index contributed by atoms with van der Waals surface area (Å²) in [5, 5.41) is 0.618. The average Bonchev–Trinajstić information content (AvgIpc) is 2.45. The molecule has 21 heavy (non-hydrogen) atoms. The maximum Gasteiger partial charge on any atom is 0.305 e. The third-order valence-corrected chi connectivity index (χ3v) is 3.31. The summed E-state index contributed by atoms with van der Waals surface area (Å²) in [5.41, 5.74) is 6.62. The van der Waals surface area contributed by atoms with Crippen LogP contribution < -0.4 is 10.5 Å². The lowest BCUT2D eigenvalue weighted by molar-refractivity contribution is -0.143. The molecule has 1 aromatic rings. The number of halogens is 1. The number of hydrogen-bond donors (Lipinski definition) is 1. The summed E-state index contributed by atoms with van der Waals surface area (Å²) in [6.07, 6.45) is 3.93. The maximum atomic E-state index is 11.1. The highest BCUT2D eigenvalue weighted by molar-refractivity contribution is 6.32. The quantitative estimate of drug-likeness (QED) is 0.531. The summed E-state index contributed by atoms with van der Waals surface area (Å²) in [6, 6.07) is 5.76. The molecule has 0 spiro atoms. The average molecular weight is 314 g/mol. The Morgan fingerprint density at radius 2 is 2.10 bits per heavy atom. The van der Waals surface area contributed by atoms with Crippen molar-refractivity contribution in [2.24, 2.45) is 5.73 Å². The van der Waals surface area contributed by atoms with E-state index in [9.17, 15) is 4.79 Å². The standard InChI is InChI=1S/C16H24ClNO3/c1-2-20-16(19)6-4-3-5-11-21-15-8-7-13(9-10-18)12-14(15)17/h7-8,12H,2-6,9-11,18H2,1H3. The Balaban J connectivity index is 2.19. The number of carbonyl (C=O) groups excluding carboxylic acids is 1. The van der Waals surface area contributed by atoms with E-state index in [-0.39, 0.29) is 5.97 Å². The molecule has 1 rings (SSSR count). The Morgan fingerprint density at radius 3 is 2.76 bits per heavy atom. The highest BCUT2D eigenvalue weighted by Gasteiger charge is 2.04. The van der Waals surface area contributed by atoms with Gasteiger partial charge in [-0.1, -0.05) is 17.7 Å². The number of nitrogens with two attached hydrogens (primary N) is 1. The van der Waals surface area contributed by atoms with E-state index in [1.165, 1.54) is 0 Å². The topological polar surface area (TPSA) is 61.5 Å². The Morgan fingerprint density at radius 1 is 1.29 bits per heavy atom. The number of carbonyl (C=O) groups is 1. The molecule has 0 saturated carbocycles. The van der Waals surface area contributed by atoms with Gasteiger partial charge in [0.2, 0.25) is 0 Å². The highest BCUT2D eigenvalue weighted by Crippen LogP contribution is 2.25. The number of benzene rings is 1. The van der Waals surface area contributed by atoms with Crippen molar-refractivity contribution in [3.8, 4) is 5.75 Å². The van der Waals surface area contributed by atoms with Crippen molar-refractivity contribution in [1.82, 2.24) is 0 Å². The molecule has 5 heteroatoms. The minimum Gasteiger partial charge on any atom is -0.492 e. The molecule has 4 nitrogen and oxygen atoms in total. The number of hydrogen-bond acceptors (Lipinski definition) is 4. The zero-order chi connectivity index (χ0) is 15.5. The van der Waals surface area contributed by atoms with E-state index < -0.39 is 0 Å². The van der Waals surface area contributed by atoms with Crippen LogP contribution in [-0.2, 0) is 16.0 Å². The van der Waals surface area contributed by atoms with E-state index in [1.807, 2.05) is 25.1 Å². The minimum absolute atomic E-state index is 0.128. The predicted molar refractivity (Wildman–Crippen MR) is 84.8 cm³/mol. The first-order valence-corrected chi connectivity index (χ1v) is 7.82. The van der Waals surface area contributed by atoms with Gasteiger partial charge in [-0.05, 0) is 56.8 Å². The minimum atomic E-state index is -0.128. The van der Waals surface area contributed by atoms with Crippen LogP contribution in [-0.4, -0.2) is 25.7 Å². The second-order valence-corrected chi connectivity index (χ2v) is 5.17. The van der Waals surface area contributed by atoms with Crippen LogP contribution >= 0.6 is 11.6 Å². The lowest BCUT2D eigenvalue weighted by atomic mass is 10.1. The van der Waals surface area contributed by atoms with Crippen molar-refractivity contribution in [1.29, 1.82) is 0 Å². The molecule has 0 unspecified atom stereocenters. The van der Waals surface area contributed by atoms with E-state index in [0.29, 0.717) is 37.0 Å². The molecule has 0 bridgehead atoms. The van der Waals surface area contributed by atoms with Crippen molar-refractivity contribution < 1.29 is 14.3 Å². The van der Waals surface area contributed by atoms with Gasteiger partial charge in [-0.2, -0.15) is 0 Å². The van der Waals surface area contributed by atoms with Crippen LogP contribution in [0.3, 0.4) is 0 Å². The van der Waals surface area contributed by atoms with Crippen LogP contribution in [0.1, 0.15) is 38.2 Å². The Labute approximate surface area is 131 Å². The molecule has 0 aromatic heterocycles. The number of rotatable bonds is 10. The summed E-state index contributed by atoms with van der Waals surface area (Å²) >= 11 is 6.15. The Hall–Kier alpha value is -1.26. The number of unbranched alkanes of at least 4 members (excludes halogenated alkanes) is 2. The molecule has 0 aliphatic heterocycles. The van der Waals surface area contributed by atoms with Gasteiger partial charge in [-0.3, -0.25) is 4.79 Å². The second kappa shape index (κ2) is 10.5. The van der Waals surface area contributed by atoms with E-state index in [4.69, 9.17) is 26.8 Å². The molecule has 2 N–H and O–H groups in total. The molecule has 0 radical (unpaired) electrons. The van der Waals surface area contributed by atoms with Gasteiger partial charge in [0.15, 0.2) is 0 Å². The fraction of sp³-hybridized carbons (Fsp3) is 0.562. The lowest BCUT2D eigenvalue weighted by Crippen LogP contribution is -2.04. The Bertz CT molecular complexity index is 438. The molecule has 0 heterocycles. The first-order valence-electron chi connectivity index (χ1n) is 7.44. The molecule has 0 atom stereocenters. The summed E-state index contributed by atoms with van der Waals surface area (Å²) < 4.78 is 10.5. The SMILES string of the molecule is CCOC(=O)CCCCCOc1ccc(CCN)cc1Cl. The summed E-state index contributed by atoms with van der Waals surface area (Å²) in [5.74, 6) is 0.569. The first kappa shape index (κ1) is 17.8. The molecule has 1 aromatic carbocycles. The summed E-state index contributed by atoms with van der Waals surface area (Å²) in [7, 11) is 0. The van der Waals surface area contributed by atoms with Crippen molar-refractivity contribution in [3.05, 3.63) is 28.8 Å². The lowest BCUT2D eigenvalue weighted by Gasteiger charge is -2.09. The largest absolute Gasteiger partial charge is 0.492 e. The fourth-order valence-electron chi connectivity index (χ4n) is 1.95. The van der Waals surface area contributed by atoms with E-state index in [1.54, 1.807) is 0 Å². The first-order chi connectivity index (χ1) is 10.2. The van der Waals surface area contributed by atoms with Crippen molar-refractivity contribution in [2.45, 2.75) is 39.0 Å². The van der Waals surface area contributed by atoms with Gasteiger partial charge in [0, 0.05) is 6.42 Å². The van der Waals surface area contributed by atoms with Crippen LogP contribution in [0.5, 0.6) is 5.75 Å². The summed E-state index contributed by atoms with van der Waals surface area (Å²) in [6.45, 7) is 3.46. The highest BCUT2D eigenvalue weighted by atomic mass is 35.5. The second-order valence-electron chi connectivity index (χ2n) is 4.77. The number of ether oxygens (including phenoxy) is 2. The van der Waals surface area contributed by atoms with E-state index >= 15 is 0 Å². The zero-order valence-corrected chi connectivity index (χ0v) is 13.3. The van der Waals surface area contributed by atoms with Crippen LogP contribution in [0, 0.1) is 0 Å². The van der Waals surface area contributed by atoms with Gasteiger partial charge in [0.05, 0.1) is 18.2 Å². The van der Waals surface area contributed by atoms with Gasteiger partial charge >= 0.3 is 5.97 Å². The number of esters is 1. The van der Waals surface area contributed by atoms with Crippen molar-refractivity contribution >= 4 is 17.6 Å². The monoisotopic (exact) mass is 313 g/mol. The molecular formula is C16H24ClNO3. The van der Waals surface area contributed by atoms with Crippen molar-refractivity contribution in [3.63, 3.8) is 0 Å². The third kappa shape index (κ3) is 7.34. The van der Waals surface area contributed by atoms with Crippen molar-refractivity contribution in [2.75, 3.05) is 19.8 Å². The predicted octanol–water partition coefficient (Wildman–Crippen LogP) is 3.34. The molecule has 0 amide bonds. The van der Waals surface area contributed by atoms with Gasteiger partial charge in [-0.25, -0.2) is 0 Å². The molecule has 0 fully saturated rings. The molecule has 118 valence electrons. The van der Waals surface area contributed by atoms with E-state index in [2.05, 4.69) is 0 Å². The van der Waals surface area contributed by atoms with Gasteiger partial charge < -0.3 is 15.2 Å². The van der Waals surface area contributed by atoms with Crippen LogP contribution in [0.25, 0.3) is 0 Å². The molecule has 0 saturated heterocycles. The summed E-state index contributed by atoms with van der Waals surface area (Å²) in [4.78, 5) is 11.1.